The van der Waals surface area contributed by atoms with Gasteiger partial charge in [0.2, 0.25) is 0 Å². The summed E-state index contributed by atoms with van der Waals surface area (Å²) in [5.41, 5.74) is 18.5. The fourth-order valence-electron chi connectivity index (χ4n) is 7.38. The molecule has 1 heterocycles. The quantitative estimate of drug-likeness (QED) is 0.0828. The van der Waals surface area contributed by atoms with Crippen molar-refractivity contribution in [2.45, 2.75) is 37.8 Å². The number of thioether (sulfide) groups is 1. The van der Waals surface area contributed by atoms with Gasteiger partial charge in [-0.15, -0.1) is 23.1 Å². The number of benzene rings is 6. The number of hydrogen-bond donors (Lipinski definition) is 2. The maximum atomic E-state index is 6.16. The Kier molecular flexibility index (Phi) is 10.6. The summed E-state index contributed by atoms with van der Waals surface area (Å²) >= 11 is 5.25. The Morgan fingerprint density at radius 3 is 2.37 bits per heavy atom. The number of thiophene rings is 1. The summed E-state index contributed by atoms with van der Waals surface area (Å²) in [5, 5.41) is 6.18. The van der Waals surface area contributed by atoms with Crippen molar-refractivity contribution >= 4 is 79.4 Å². The number of nitrogens with one attached hydrogen (secondary N) is 1. The predicted molar refractivity (Wildman–Crippen MR) is 242 cm³/mol. The molecule has 1 aliphatic carbocycles. The van der Waals surface area contributed by atoms with E-state index in [0.29, 0.717) is 0 Å². The van der Waals surface area contributed by atoms with Crippen molar-refractivity contribution in [1.29, 1.82) is 0 Å². The number of allylic oxidation sites excluding steroid dienone is 5. The van der Waals surface area contributed by atoms with Gasteiger partial charge in [0.1, 0.15) is 0 Å². The molecule has 0 bridgehead atoms. The van der Waals surface area contributed by atoms with Crippen LogP contribution in [0.15, 0.2) is 161 Å². The van der Waals surface area contributed by atoms with E-state index in [9.17, 15) is 0 Å². The Morgan fingerprint density at radius 2 is 1.54 bits per heavy atom. The van der Waals surface area contributed by atoms with Crippen molar-refractivity contribution in [1.82, 2.24) is 0 Å². The Labute approximate surface area is 331 Å². The number of fused-ring (bicyclic) bond motifs is 3. The van der Waals surface area contributed by atoms with Gasteiger partial charge in [-0.1, -0.05) is 127 Å². The van der Waals surface area contributed by atoms with Gasteiger partial charge in [0.05, 0.1) is 9.90 Å². The third-order valence-corrected chi connectivity index (χ3v) is 13.6. The molecule has 0 radical (unpaired) electrons. The minimum absolute atomic E-state index is 0.785. The summed E-state index contributed by atoms with van der Waals surface area (Å²) in [6.07, 6.45) is 14.4. The lowest BCUT2D eigenvalue weighted by Crippen LogP contribution is -1.98. The van der Waals surface area contributed by atoms with E-state index in [2.05, 4.69) is 159 Å². The highest BCUT2D eigenvalue weighted by Crippen LogP contribution is 2.45. The minimum Gasteiger partial charge on any atom is -0.398 e. The first-order chi connectivity index (χ1) is 26.5. The van der Waals surface area contributed by atoms with E-state index in [-0.39, 0.29) is 0 Å². The fourth-order valence-corrected chi connectivity index (χ4v) is 10.1. The Bertz CT molecular complexity index is 2640. The normalized spacial score (nSPS) is 13.0. The van der Waals surface area contributed by atoms with Crippen LogP contribution in [0.1, 0.15) is 41.0 Å². The number of hydrogen-bond acceptors (Lipinski definition) is 5. The van der Waals surface area contributed by atoms with E-state index in [0.717, 1.165) is 27.8 Å². The Morgan fingerprint density at radius 1 is 0.796 bits per heavy atom. The van der Waals surface area contributed by atoms with E-state index in [1.54, 1.807) is 23.3 Å². The number of nitrogens with two attached hydrogens (primary N) is 1. The van der Waals surface area contributed by atoms with E-state index in [4.69, 9.17) is 5.73 Å². The molecule has 3 N–H and O–H groups in total. The van der Waals surface area contributed by atoms with Crippen LogP contribution in [0.5, 0.6) is 0 Å². The average Bonchev–Trinajstić information content (AvgIpc) is 3.52. The summed E-state index contributed by atoms with van der Waals surface area (Å²) in [4.78, 5) is 3.64. The zero-order valence-corrected chi connectivity index (χ0v) is 33.2. The van der Waals surface area contributed by atoms with Gasteiger partial charge in [-0.05, 0) is 141 Å². The second-order valence-electron chi connectivity index (χ2n) is 13.6. The first-order valence-corrected chi connectivity index (χ1v) is 20.9. The summed E-state index contributed by atoms with van der Waals surface area (Å²) in [6.45, 7) is 6.74. The number of para-hydroxylation sites is 1. The molecular weight excluding hydrogens is 713 g/mol. The van der Waals surface area contributed by atoms with Crippen LogP contribution in [0.2, 0.25) is 0 Å². The number of anilines is 2. The topological polar surface area (TPSA) is 38.0 Å². The van der Waals surface area contributed by atoms with E-state index in [1.807, 2.05) is 36.0 Å². The Hall–Kier alpha value is -5.20. The van der Waals surface area contributed by atoms with Gasteiger partial charge in [-0.2, -0.15) is 0 Å². The van der Waals surface area contributed by atoms with Gasteiger partial charge in [0.25, 0.3) is 0 Å². The third-order valence-electron chi connectivity index (χ3n) is 10.1. The summed E-state index contributed by atoms with van der Waals surface area (Å²) in [6, 6.07) is 43.9. The minimum atomic E-state index is 0.785. The second kappa shape index (κ2) is 16.0. The number of rotatable bonds is 10. The van der Waals surface area contributed by atoms with Crippen molar-refractivity contribution in [3.63, 3.8) is 0 Å². The van der Waals surface area contributed by atoms with Gasteiger partial charge in [0.15, 0.2) is 0 Å². The summed E-state index contributed by atoms with van der Waals surface area (Å²) in [5.74, 6) is 0.896. The highest BCUT2D eigenvalue weighted by Gasteiger charge is 2.20. The standard InChI is InChI=1S/C49H42N2S3/c1-4-45(52-31-40-26-27-47(53-40)51-54-46-21-13-12-20-44(46)50)32(2)28-43-33(3)48(38-24-22-35-15-8-9-17-37(35)29-38)41-18-10-11-19-42(41)49(43)39-25-23-34-14-6-5-7-16-36(34)30-39/h4-15,17-30,51H,16,31,50H2,1-3H3/b32-28+,45-4-. The zero-order chi connectivity index (χ0) is 37.0. The largest absolute Gasteiger partial charge is 0.398 e. The van der Waals surface area contributed by atoms with Crippen LogP contribution in [-0.4, -0.2) is 0 Å². The van der Waals surface area contributed by atoms with E-state index >= 15 is 0 Å². The molecule has 1 aliphatic rings. The molecular formula is C49H42N2S3. The molecule has 1 aromatic heterocycles. The first kappa shape index (κ1) is 35.8. The van der Waals surface area contributed by atoms with Gasteiger partial charge in [-0.3, -0.25) is 0 Å². The van der Waals surface area contributed by atoms with Crippen molar-refractivity contribution in [3.05, 3.63) is 183 Å². The monoisotopic (exact) mass is 754 g/mol. The molecule has 5 heteroatoms. The lowest BCUT2D eigenvalue weighted by molar-refractivity contribution is 1.27. The van der Waals surface area contributed by atoms with Crippen LogP contribution >= 0.6 is 35.0 Å². The molecule has 266 valence electrons. The molecule has 0 amide bonds. The Balaban J connectivity index is 1.19. The summed E-state index contributed by atoms with van der Waals surface area (Å²) in [7, 11) is 0. The molecule has 0 fully saturated rings. The molecule has 7 aromatic rings. The highest BCUT2D eigenvalue weighted by atomic mass is 32.2. The van der Waals surface area contributed by atoms with Crippen LogP contribution in [-0.2, 0) is 12.2 Å². The second-order valence-corrected chi connectivity index (χ2v) is 16.6. The molecule has 0 aliphatic heterocycles. The number of nitrogen functional groups attached to an aromatic ring is 1. The van der Waals surface area contributed by atoms with Crippen LogP contribution < -0.4 is 10.5 Å². The third kappa shape index (κ3) is 7.45. The van der Waals surface area contributed by atoms with Crippen molar-refractivity contribution in [3.8, 4) is 22.3 Å². The van der Waals surface area contributed by atoms with E-state index < -0.39 is 0 Å². The lowest BCUT2D eigenvalue weighted by atomic mass is 9.82. The van der Waals surface area contributed by atoms with Gasteiger partial charge in [-0.25, -0.2) is 0 Å². The van der Waals surface area contributed by atoms with E-state index in [1.165, 1.54) is 81.4 Å². The molecule has 2 nitrogen and oxygen atoms in total. The smallest absolute Gasteiger partial charge is 0.0987 e. The maximum Gasteiger partial charge on any atom is 0.0987 e. The van der Waals surface area contributed by atoms with Crippen molar-refractivity contribution in [2.24, 2.45) is 0 Å². The fraction of sp³-hybridized carbons (Fsp3) is 0.102. The van der Waals surface area contributed by atoms with Gasteiger partial charge >= 0.3 is 0 Å². The van der Waals surface area contributed by atoms with Crippen LogP contribution in [0.4, 0.5) is 10.7 Å². The predicted octanol–water partition coefficient (Wildman–Crippen LogP) is 14.8. The molecule has 8 rings (SSSR count). The van der Waals surface area contributed by atoms with Gasteiger partial charge in [0, 0.05) is 21.2 Å². The molecule has 6 aromatic carbocycles. The molecule has 0 atom stereocenters. The average molecular weight is 755 g/mol. The first-order valence-electron chi connectivity index (χ1n) is 18.3. The summed E-state index contributed by atoms with van der Waals surface area (Å²) < 4.78 is 3.49. The highest BCUT2D eigenvalue weighted by molar-refractivity contribution is 8.02. The van der Waals surface area contributed by atoms with Crippen LogP contribution in [0.25, 0.3) is 56.0 Å². The van der Waals surface area contributed by atoms with Crippen molar-refractivity contribution in [2.75, 3.05) is 10.5 Å². The zero-order valence-electron chi connectivity index (χ0n) is 30.7. The SMILES string of the molecule is C/C=C(SCc1ccc(NSc2ccccc2N)s1)/C(C)=C/c1c(C)c(-c2ccc3ccccc3c2)c2ccccc2c1-c1ccc2c(c1)CC=CC=C2. The molecule has 0 spiro atoms. The molecule has 0 saturated carbocycles. The molecule has 54 heavy (non-hydrogen) atoms. The molecule has 0 unspecified atom stereocenters. The van der Waals surface area contributed by atoms with Crippen LogP contribution in [0, 0.1) is 6.92 Å². The van der Waals surface area contributed by atoms with Crippen molar-refractivity contribution < 1.29 is 0 Å². The lowest BCUT2D eigenvalue weighted by Gasteiger charge is -2.22. The molecule has 0 saturated heterocycles. The van der Waals surface area contributed by atoms with Gasteiger partial charge < -0.3 is 10.5 Å². The van der Waals surface area contributed by atoms with Crippen LogP contribution in [0.3, 0.4) is 0 Å². The maximum absolute atomic E-state index is 6.16.